The topological polar surface area (TPSA) is 0 Å². The molecule has 0 amide bonds. The van der Waals surface area contributed by atoms with Crippen molar-refractivity contribution in [3.63, 3.8) is 0 Å². The van der Waals surface area contributed by atoms with E-state index in [9.17, 15) is 0 Å². The second kappa shape index (κ2) is 3.75. The van der Waals surface area contributed by atoms with Crippen molar-refractivity contribution in [3.8, 4) is 0 Å². The van der Waals surface area contributed by atoms with E-state index >= 15 is 0 Å². The predicted octanol–water partition coefficient (Wildman–Crippen LogP) is 3.62. The maximum absolute atomic E-state index is 2.42. The van der Waals surface area contributed by atoms with E-state index < -0.39 is 0 Å². The fourth-order valence-electron chi connectivity index (χ4n) is 2.03. The minimum Gasteiger partial charge on any atom is -0.0885 e. The van der Waals surface area contributed by atoms with Gasteiger partial charge in [-0.05, 0) is 43.6 Å². The van der Waals surface area contributed by atoms with Crippen LogP contribution >= 0.6 is 0 Å². The lowest BCUT2D eigenvalue weighted by molar-refractivity contribution is 0.559. The molecular weight excluding hydrogens is 144 g/mol. The zero-order valence-corrected chi connectivity index (χ0v) is 7.50. The Morgan fingerprint density at radius 1 is 1.00 bits per heavy atom. The van der Waals surface area contributed by atoms with E-state index in [0.29, 0.717) is 0 Å². The zero-order chi connectivity index (χ0) is 8.23. The van der Waals surface area contributed by atoms with Gasteiger partial charge in [0.1, 0.15) is 0 Å². The first-order valence-corrected chi connectivity index (χ1v) is 4.98. The lowest BCUT2D eigenvalue weighted by Crippen LogP contribution is -2.05. The molecule has 0 fully saturated rings. The third kappa shape index (κ3) is 1.69. The highest BCUT2D eigenvalue weighted by molar-refractivity contribution is 5.26. The van der Waals surface area contributed by atoms with Crippen LogP contribution in [0.3, 0.4) is 0 Å². The standard InChI is InChI=1S/C12H16/c1-3-7-11(8-4-1)12-9-5-2-6-10-12/h1,3,5,9-11H,2,4,6-8H2. The van der Waals surface area contributed by atoms with Gasteiger partial charge in [0, 0.05) is 0 Å². The number of hydrogen-bond acceptors (Lipinski definition) is 0. The average Bonchev–Trinajstić information content (AvgIpc) is 2.21. The molecule has 0 aliphatic heterocycles. The molecule has 0 aromatic heterocycles. The molecule has 64 valence electrons. The number of hydrogen-bond donors (Lipinski definition) is 0. The van der Waals surface area contributed by atoms with Crippen LogP contribution in [-0.4, -0.2) is 0 Å². The molecule has 0 aromatic carbocycles. The molecule has 1 atom stereocenters. The summed E-state index contributed by atoms with van der Waals surface area (Å²) in [5, 5.41) is 0. The quantitative estimate of drug-likeness (QED) is 0.514. The number of allylic oxidation sites excluding steroid dienone is 6. The van der Waals surface area contributed by atoms with Gasteiger partial charge >= 0.3 is 0 Å². The van der Waals surface area contributed by atoms with Gasteiger partial charge in [0.15, 0.2) is 0 Å². The average molecular weight is 160 g/mol. The van der Waals surface area contributed by atoms with Crippen LogP contribution in [0.2, 0.25) is 0 Å². The van der Waals surface area contributed by atoms with Crippen LogP contribution in [0.25, 0.3) is 0 Å². The first-order chi connectivity index (χ1) is 5.97. The lowest BCUT2D eigenvalue weighted by Gasteiger charge is -2.20. The van der Waals surface area contributed by atoms with Gasteiger partial charge in [-0.1, -0.05) is 30.4 Å². The molecule has 0 N–H and O–H groups in total. The monoisotopic (exact) mass is 160 g/mol. The van der Waals surface area contributed by atoms with E-state index in [4.69, 9.17) is 0 Å². The van der Waals surface area contributed by atoms with Gasteiger partial charge in [-0.25, -0.2) is 0 Å². The molecule has 2 aliphatic carbocycles. The van der Waals surface area contributed by atoms with Gasteiger partial charge in [-0.2, -0.15) is 0 Å². The Labute approximate surface area is 74.7 Å². The first-order valence-electron chi connectivity index (χ1n) is 4.98. The highest BCUT2D eigenvalue weighted by Gasteiger charge is 2.13. The maximum atomic E-state index is 2.42. The minimum atomic E-state index is 0.826. The Morgan fingerprint density at radius 3 is 2.67 bits per heavy atom. The van der Waals surface area contributed by atoms with Crippen LogP contribution < -0.4 is 0 Å². The molecule has 12 heavy (non-hydrogen) atoms. The molecule has 0 saturated heterocycles. The summed E-state index contributed by atoms with van der Waals surface area (Å²) in [6.45, 7) is 0. The van der Waals surface area contributed by atoms with Crippen LogP contribution in [-0.2, 0) is 0 Å². The Balaban J connectivity index is 2.03. The van der Waals surface area contributed by atoms with Crippen molar-refractivity contribution in [3.05, 3.63) is 36.0 Å². The molecule has 0 heterocycles. The first kappa shape index (κ1) is 7.85. The summed E-state index contributed by atoms with van der Waals surface area (Å²) in [5.41, 5.74) is 1.59. The van der Waals surface area contributed by atoms with Crippen LogP contribution in [0.4, 0.5) is 0 Å². The highest BCUT2D eigenvalue weighted by Crippen LogP contribution is 2.28. The van der Waals surface area contributed by atoms with Crippen LogP contribution in [0, 0.1) is 5.92 Å². The Hall–Kier alpha value is -0.780. The normalized spacial score (nSPS) is 28.7. The maximum Gasteiger partial charge on any atom is -0.0128 e. The molecule has 0 heteroatoms. The van der Waals surface area contributed by atoms with Crippen LogP contribution in [0.5, 0.6) is 0 Å². The summed E-state index contributed by atoms with van der Waals surface area (Å²) >= 11 is 0. The molecule has 2 aliphatic rings. The Kier molecular flexibility index (Phi) is 2.45. The Bertz CT molecular complexity index is 230. The van der Waals surface area contributed by atoms with E-state index in [2.05, 4.69) is 30.4 Å². The van der Waals surface area contributed by atoms with Crippen molar-refractivity contribution in [2.45, 2.75) is 32.1 Å². The third-order valence-electron chi connectivity index (χ3n) is 2.76. The van der Waals surface area contributed by atoms with Crippen molar-refractivity contribution in [2.75, 3.05) is 0 Å². The fourth-order valence-corrected chi connectivity index (χ4v) is 2.03. The van der Waals surface area contributed by atoms with Crippen LogP contribution in [0.15, 0.2) is 36.0 Å². The van der Waals surface area contributed by atoms with E-state index in [0.717, 1.165) is 5.92 Å². The summed E-state index contributed by atoms with van der Waals surface area (Å²) in [7, 11) is 0. The summed E-state index contributed by atoms with van der Waals surface area (Å²) < 4.78 is 0. The molecule has 0 radical (unpaired) electrons. The summed E-state index contributed by atoms with van der Waals surface area (Å²) in [6, 6.07) is 0. The van der Waals surface area contributed by atoms with Gasteiger partial charge in [0.2, 0.25) is 0 Å². The molecule has 0 saturated carbocycles. The van der Waals surface area contributed by atoms with Gasteiger partial charge in [0.05, 0.1) is 0 Å². The van der Waals surface area contributed by atoms with Crippen molar-refractivity contribution in [1.29, 1.82) is 0 Å². The summed E-state index contributed by atoms with van der Waals surface area (Å²) in [6.07, 6.45) is 18.1. The fraction of sp³-hybridized carbons (Fsp3) is 0.500. The smallest absolute Gasteiger partial charge is 0.0128 e. The second-order valence-corrected chi connectivity index (χ2v) is 3.67. The highest BCUT2D eigenvalue weighted by atomic mass is 14.2. The van der Waals surface area contributed by atoms with Gasteiger partial charge in [-0.3, -0.25) is 0 Å². The predicted molar refractivity (Wildman–Crippen MR) is 52.9 cm³/mol. The van der Waals surface area contributed by atoms with Gasteiger partial charge in [-0.15, -0.1) is 0 Å². The lowest BCUT2D eigenvalue weighted by atomic mass is 9.85. The van der Waals surface area contributed by atoms with Crippen molar-refractivity contribution < 1.29 is 0 Å². The molecule has 1 unspecified atom stereocenters. The second-order valence-electron chi connectivity index (χ2n) is 3.67. The van der Waals surface area contributed by atoms with E-state index in [1.165, 1.54) is 32.1 Å². The zero-order valence-electron chi connectivity index (χ0n) is 7.50. The minimum absolute atomic E-state index is 0.826. The molecular formula is C12H16. The van der Waals surface area contributed by atoms with Gasteiger partial charge < -0.3 is 0 Å². The largest absolute Gasteiger partial charge is 0.0885 e. The molecule has 0 nitrogen and oxygen atoms in total. The molecule has 0 spiro atoms. The molecule has 0 bridgehead atoms. The van der Waals surface area contributed by atoms with Crippen molar-refractivity contribution in [1.82, 2.24) is 0 Å². The summed E-state index contributed by atoms with van der Waals surface area (Å²) in [4.78, 5) is 0. The van der Waals surface area contributed by atoms with Gasteiger partial charge in [0.25, 0.3) is 0 Å². The van der Waals surface area contributed by atoms with E-state index in [1.807, 2.05) is 0 Å². The number of rotatable bonds is 1. The Morgan fingerprint density at radius 2 is 2.00 bits per heavy atom. The van der Waals surface area contributed by atoms with Crippen LogP contribution in [0.1, 0.15) is 32.1 Å². The van der Waals surface area contributed by atoms with Crippen molar-refractivity contribution >= 4 is 0 Å². The molecule has 0 aromatic rings. The SMILES string of the molecule is C1=CC(C2CC=CCC2)=CCC1. The summed E-state index contributed by atoms with van der Waals surface area (Å²) in [5.74, 6) is 0.826. The molecule has 2 rings (SSSR count). The van der Waals surface area contributed by atoms with Crippen molar-refractivity contribution in [2.24, 2.45) is 5.92 Å². The van der Waals surface area contributed by atoms with E-state index in [1.54, 1.807) is 5.57 Å². The third-order valence-corrected chi connectivity index (χ3v) is 2.76. The van der Waals surface area contributed by atoms with E-state index in [-0.39, 0.29) is 0 Å².